The molecule has 0 saturated heterocycles. The largest absolute Gasteiger partial charge is 0.478 e. The summed E-state index contributed by atoms with van der Waals surface area (Å²) in [6, 6.07) is 3.68. The van der Waals surface area contributed by atoms with Crippen molar-refractivity contribution in [1.82, 2.24) is 0 Å². The first-order valence-corrected chi connectivity index (χ1v) is 5.55. The van der Waals surface area contributed by atoms with E-state index in [1.165, 1.54) is 19.2 Å². The molecule has 0 aliphatic heterocycles. The minimum Gasteiger partial charge on any atom is -0.478 e. The first kappa shape index (κ1) is 14.9. The van der Waals surface area contributed by atoms with Gasteiger partial charge in [0.25, 0.3) is 5.69 Å². The number of hydrogen-bond donors (Lipinski definition) is 2. The Morgan fingerprint density at radius 3 is 2.63 bits per heavy atom. The second-order valence-electron chi connectivity index (χ2n) is 4.73. The molecule has 1 aromatic carbocycles. The SMILES string of the molecule is COCC(C)(C)Nc1ccc([N+](=O)[O-])cc1C(=O)O. The number of carboxylic acids is 1. The molecule has 1 aromatic rings. The van der Waals surface area contributed by atoms with Crippen LogP contribution in [0.15, 0.2) is 18.2 Å². The summed E-state index contributed by atoms with van der Waals surface area (Å²) in [5.41, 5.74) is -0.569. The summed E-state index contributed by atoms with van der Waals surface area (Å²) in [4.78, 5) is 21.2. The van der Waals surface area contributed by atoms with Gasteiger partial charge < -0.3 is 15.2 Å². The average Bonchev–Trinajstić information content (AvgIpc) is 2.27. The molecule has 1 rings (SSSR count). The number of non-ortho nitro benzene ring substituents is 1. The van der Waals surface area contributed by atoms with Crippen LogP contribution in [0.5, 0.6) is 0 Å². The first-order chi connectivity index (χ1) is 8.76. The van der Waals surface area contributed by atoms with E-state index < -0.39 is 16.4 Å². The highest BCUT2D eigenvalue weighted by Crippen LogP contribution is 2.25. The van der Waals surface area contributed by atoms with Gasteiger partial charge in [0.2, 0.25) is 0 Å². The summed E-state index contributed by atoms with van der Waals surface area (Å²) in [6.45, 7) is 4.04. The lowest BCUT2D eigenvalue weighted by molar-refractivity contribution is -0.384. The number of rotatable bonds is 6. The molecule has 19 heavy (non-hydrogen) atoms. The third-order valence-electron chi connectivity index (χ3n) is 2.42. The van der Waals surface area contributed by atoms with E-state index in [2.05, 4.69) is 5.32 Å². The molecule has 0 unspecified atom stereocenters. The van der Waals surface area contributed by atoms with Crippen LogP contribution in [0.1, 0.15) is 24.2 Å². The van der Waals surface area contributed by atoms with Crippen molar-refractivity contribution in [1.29, 1.82) is 0 Å². The van der Waals surface area contributed by atoms with E-state index in [-0.39, 0.29) is 11.3 Å². The summed E-state index contributed by atoms with van der Waals surface area (Å²) >= 11 is 0. The van der Waals surface area contributed by atoms with Gasteiger partial charge in [-0.1, -0.05) is 0 Å². The van der Waals surface area contributed by atoms with E-state index >= 15 is 0 Å². The summed E-state index contributed by atoms with van der Waals surface area (Å²) in [6.07, 6.45) is 0. The lowest BCUT2D eigenvalue weighted by Gasteiger charge is -2.27. The standard InChI is InChI=1S/C12H16N2O5/c1-12(2,7-19-3)13-10-5-4-8(14(17)18)6-9(10)11(15)16/h4-6,13H,7H2,1-3H3,(H,15,16). The van der Waals surface area contributed by atoms with Gasteiger partial charge in [-0.25, -0.2) is 4.79 Å². The molecule has 0 atom stereocenters. The highest BCUT2D eigenvalue weighted by Gasteiger charge is 2.22. The molecule has 0 aromatic heterocycles. The number of carboxylic acid groups (broad SMARTS) is 1. The van der Waals surface area contributed by atoms with Crippen LogP contribution in [0, 0.1) is 10.1 Å². The summed E-state index contributed by atoms with van der Waals surface area (Å²) in [5, 5.41) is 22.8. The van der Waals surface area contributed by atoms with Gasteiger partial charge >= 0.3 is 5.97 Å². The van der Waals surface area contributed by atoms with Crippen LogP contribution in [-0.2, 0) is 4.74 Å². The normalized spacial score (nSPS) is 11.1. The monoisotopic (exact) mass is 268 g/mol. The Morgan fingerprint density at radius 2 is 2.16 bits per heavy atom. The van der Waals surface area contributed by atoms with Gasteiger partial charge in [-0.2, -0.15) is 0 Å². The topological polar surface area (TPSA) is 102 Å². The van der Waals surface area contributed by atoms with Gasteiger partial charge in [0.05, 0.1) is 22.6 Å². The van der Waals surface area contributed by atoms with Gasteiger partial charge in [0, 0.05) is 24.9 Å². The highest BCUT2D eigenvalue weighted by molar-refractivity contribution is 5.95. The summed E-state index contributed by atoms with van der Waals surface area (Å²) < 4.78 is 5.02. The van der Waals surface area contributed by atoms with Crippen LogP contribution in [0.2, 0.25) is 0 Å². The summed E-state index contributed by atoms with van der Waals surface area (Å²) in [7, 11) is 1.54. The van der Waals surface area contributed by atoms with Crippen LogP contribution in [0.25, 0.3) is 0 Å². The Bertz CT molecular complexity index is 499. The molecule has 0 bridgehead atoms. The fourth-order valence-electron chi connectivity index (χ4n) is 1.69. The molecular formula is C12H16N2O5. The quantitative estimate of drug-likeness (QED) is 0.605. The maximum absolute atomic E-state index is 11.1. The predicted molar refractivity (Wildman–Crippen MR) is 69.6 cm³/mol. The van der Waals surface area contributed by atoms with Crippen molar-refractivity contribution >= 4 is 17.3 Å². The van der Waals surface area contributed by atoms with Crippen molar-refractivity contribution in [2.24, 2.45) is 0 Å². The van der Waals surface area contributed by atoms with Crippen molar-refractivity contribution in [3.63, 3.8) is 0 Å². The van der Waals surface area contributed by atoms with Crippen molar-refractivity contribution in [2.75, 3.05) is 19.0 Å². The molecule has 0 radical (unpaired) electrons. The number of aromatic carboxylic acids is 1. The molecule has 0 aliphatic carbocycles. The Morgan fingerprint density at radius 1 is 1.53 bits per heavy atom. The maximum atomic E-state index is 11.1. The molecule has 0 fully saturated rings. The molecule has 0 heterocycles. The number of anilines is 1. The lowest BCUT2D eigenvalue weighted by Crippen LogP contribution is -2.36. The lowest BCUT2D eigenvalue weighted by atomic mass is 10.0. The van der Waals surface area contributed by atoms with Crippen LogP contribution >= 0.6 is 0 Å². The molecule has 104 valence electrons. The first-order valence-electron chi connectivity index (χ1n) is 5.55. The van der Waals surface area contributed by atoms with Crippen molar-refractivity contribution in [3.05, 3.63) is 33.9 Å². The number of ether oxygens (including phenoxy) is 1. The number of benzene rings is 1. The van der Waals surface area contributed by atoms with E-state index in [9.17, 15) is 14.9 Å². The Balaban J connectivity index is 3.14. The molecule has 7 nitrogen and oxygen atoms in total. The zero-order valence-electron chi connectivity index (χ0n) is 11.0. The molecule has 0 spiro atoms. The minimum atomic E-state index is -1.22. The molecule has 7 heteroatoms. The van der Waals surface area contributed by atoms with E-state index in [1.807, 2.05) is 13.8 Å². The Hall–Kier alpha value is -2.15. The van der Waals surface area contributed by atoms with Gasteiger partial charge in [0.15, 0.2) is 0 Å². The van der Waals surface area contributed by atoms with Crippen LogP contribution in [0.3, 0.4) is 0 Å². The number of nitrogens with one attached hydrogen (secondary N) is 1. The zero-order valence-corrected chi connectivity index (χ0v) is 11.0. The third kappa shape index (κ3) is 3.92. The number of carbonyl (C=O) groups is 1. The van der Waals surface area contributed by atoms with E-state index in [0.29, 0.717) is 12.3 Å². The fourth-order valence-corrected chi connectivity index (χ4v) is 1.69. The number of hydrogen-bond acceptors (Lipinski definition) is 5. The molecule has 2 N–H and O–H groups in total. The Labute approximate surface area is 110 Å². The van der Waals surface area contributed by atoms with Gasteiger partial charge in [0.1, 0.15) is 0 Å². The predicted octanol–water partition coefficient (Wildman–Crippen LogP) is 2.13. The number of nitro groups is 1. The van der Waals surface area contributed by atoms with Crippen LogP contribution < -0.4 is 5.32 Å². The molecular weight excluding hydrogens is 252 g/mol. The zero-order chi connectivity index (χ0) is 14.6. The van der Waals surface area contributed by atoms with Gasteiger partial charge in [-0.15, -0.1) is 0 Å². The van der Waals surface area contributed by atoms with Crippen molar-refractivity contribution in [3.8, 4) is 0 Å². The van der Waals surface area contributed by atoms with Crippen LogP contribution in [0.4, 0.5) is 11.4 Å². The van der Waals surface area contributed by atoms with Crippen molar-refractivity contribution < 1.29 is 19.6 Å². The number of nitrogens with zero attached hydrogens (tertiary/aromatic N) is 1. The molecule has 0 aliphatic rings. The average molecular weight is 268 g/mol. The van der Waals surface area contributed by atoms with Gasteiger partial charge in [-0.3, -0.25) is 10.1 Å². The van der Waals surface area contributed by atoms with Gasteiger partial charge in [-0.05, 0) is 19.9 Å². The third-order valence-corrected chi connectivity index (χ3v) is 2.42. The maximum Gasteiger partial charge on any atom is 0.338 e. The molecule has 0 amide bonds. The summed E-state index contributed by atoms with van der Waals surface area (Å²) in [5.74, 6) is -1.22. The van der Waals surface area contributed by atoms with E-state index in [0.717, 1.165) is 6.07 Å². The fraction of sp³-hybridized carbons (Fsp3) is 0.417. The number of nitro benzene ring substituents is 1. The second kappa shape index (κ2) is 5.66. The molecule has 0 saturated carbocycles. The van der Waals surface area contributed by atoms with Crippen molar-refractivity contribution in [2.45, 2.75) is 19.4 Å². The highest BCUT2D eigenvalue weighted by atomic mass is 16.6. The van der Waals surface area contributed by atoms with Crippen LogP contribution in [-0.4, -0.2) is 35.3 Å². The minimum absolute atomic E-state index is 0.140. The number of methoxy groups -OCH3 is 1. The second-order valence-corrected chi connectivity index (χ2v) is 4.73. The van der Waals surface area contributed by atoms with E-state index in [1.54, 1.807) is 0 Å². The van der Waals surface area contributed by atoms with E-state index in [4.69, 9.17) is 9.84 Å². The Kier molecular flexibility index (Phi) is 4.44. The smallest absolute Gasteiger partial charge is 0.338 e.